The third kappa shape index (κ3) is 3.05. The molecule has 0 unspecified atom stereocenters. The van der Waals surface area contributed by atoms with E-state index in [-0.39, 0.29) is 17.4 Å². The average Bonchev–Trinajstić information content (AvgIpc) is 2.17. The fourth-order valence-corrected chi connectivity index (χ4v) is 1.81. The maximum absolute atomic E-state index is 11.2. The summed E-state index contributed by atoms with van der Waals surface area (Å²) in [6.45, 7) is 0. The first-order valence-corrected chi connectivity index (χ1v) is 6.27. The summed E-state index contributed by atoms with van der Waals surface area (Å²) < 4.78 is 22.3. The molecule has 0 bridgehead atoms. The van der Waals surface area contributed by atoms with Crippen LogP contribution in [0, 0.1) is 11.3 Å². The van der Waals surface area contributed by atoms with Gasteiger partial charge in [0.05, 0.1) is 17.4 Å². The number of benzene rings is 1. The molecule has 1 aromatic carbocycles. The average molecular weight is 224 g/mol. The lowest BCUT2D eigenvalue weighted by Gasteiger charge is -2.07. The van der Waals surface area contributed by atoms with E-state index < -0.39 is 9.84 Å². The Hall–Kier alpha value is -1.38. The Morgan fingerprint density at radius 2 is 1.93 bits per heavy atom. The number of sulfone groups is 1. The van der Waals surface area contributed by atoms with Gasteiger partial charge >= 0.3 is 0 Å². The number of hydrogen-bond acceptors (Lipinski definition) is 4. The minimum absolute atomic E-state index is 0.220. The number of nitrogens with two attached hydrogens (primary N) is 1. The van der Waals surface area contributed by atoms with Gasteiger partial charge in [-0.05, 0) is 17.7 Å². The van der Waals surface area contributed by atoms with E-state index in [1.165, 1.54) is 12.1 Å². The van der Waals surface area contributed by atoms with Crippen molar-refractivity contribution in [3.8, 4) is 6.07 Å². The standard InChI is InChI=1S/C10H12N2O2S/c1-15(13,14)9-4-2-8(3-5-9)10(12)6-7-11/h2-5,10H,6,12H2,1H3/t10-/m0/s1. The number of nitriles is 1. The van der Waals surface area contributed by atoms with E-state index in [9.17, 15) is 8.42 Å². The minimum Gasteiger partial charge on any atom is -0.323 e. The van der Waals surface area contributed by atoms with E-state index in [0.717, 1.165) is 11.8 Å². The van der Waals surface area contributed by atoms with Crippen LogP contribution in [0.25, 0.3) is 0 Å². The van der Waals surface area contributed by atoms with Gasteiger partial charge in [0, 0.05) is 12.3 Å². The van der Waals surface area contributed by atoms with Crippen molar-refractivity contribution < 1.29 is 8.42 Å². The highest BCUT2D eigenvalue weighted by Crippen LogP contribution is 2.16. The molecular weight excluding hydrogens is 212 g/mol. The molecular formula is C10H12N2O2S. The van der Waals surface area contributed by atoms with E-state index in [0.29, 0.717) is 0 Å². The second-order valence-corrected chi connectivity index (χ2v) is 5.33. The van der Waals surface area contributed by atoms with Gasteiger partial charge in [0.25, 0.3) is 0 Å². The van der Waals surface area contributed by atoms with Gasteiger partial charge in [0.15, 0.2) is 9.84 Å². The third-order valence-electron chi connectivity index (χ3n) is 2.05. The largest absolute Gasteiger partial charge is 0.323 e. The second-order valence-electron chi connectivity index (χ2n) is 3.31. The zero-order chi connectivity index (χ0) is 11.5. The highest BCUT2D eigenvalue weighted by molar-refractivity contribution is 7.90. The highest BCUT2D eigenvalue weighted by Gasteiger charge is 2.09. The summed E-state index contributed by atoms with van der Waals surface area (Å²) in [5.41, 5.74) is 6.46. The normalized spacial score (nSPS) is 13.1. The quantitative estimate of drug-likeness (QED) is 0.830. The Morgan fingerprint density at radius 3 is 2.33 bits per heavy atom. The number of nitrogens with zero attached hydrogens (tertiary/aromatic N) is 1. The highest BCUT2D eigenvalue weighted by atomic mass is 32.2. The van der Waals surface area contributed by atoms with Crippen molar-refractivity contribution >= 4 is 9.84 Å². The number of rotatable bonds is 3. The molecule has 0 spiro atoms. The van der Waals surface area contributed by atoms with E-state index in [1.54, 1.807) is 12.1 Å². The van der Waals surface area contributed by atoms with E-state index in [1.807, 2.05) is 6.07 Å². The van der Waals surface area contributed by atoms with Crippen molar-refractivity contribution in [3.05, 3.63) is 29.8 Å². The summed E-state index contributed by atoms with van der Waals surface area (Å²) in [5, 5.41) is 8.46. The van der Waals surface area contributed by atoms with E-state index in [4.69, 9.17) is 11.0 Å². The Morgan fingerprint density at radius 1 is 1.40 bits per heavy atom. The molecule has 1 aromatic rings. The van der Waals surface area contributed by atoms with Crippen LogP contribution in [0.4, 0.5) is 0 Å². The van der Waals surface area contributed by atoms with Crippen molar-refractivity contribution in [2.24, 2.45) is 5.73 Å². The molecule has 0 aliphatic carbocycles. The van der Waals surface area contributed by atoms with Gasteiger partial charge < -0.3 is 5.73 Å². The van der Waals surface area contributed by atoms with Crippen LogP contribution < -0.4 is 5.73 Å². The second kappa shape index (κ2) is 4.43. The van der Waals surface area contributed by atoms with E-state index >= 15 is 0 Å². The van der Waals surface area contributed by atoms with Gasteiger partial charge in [-0.2, -0.15) is 5.26 Å². The summed E-state index contributed by atoms with van der Waals surface area (Å²) in [4.78, 5) is 0.260. The predicted octanol–water partition coefficient (Wildman–Crippen LogP) is 1.00. The molecule has 5 heteroatoms. The molecule has 0 saturated carbocycles. The molecule has 80 valence electrons. The Bertz CT molecular complexity index is 471. The molecule has 15 heavy (non-hydrogen) atoms. The van der Waals surface area contributed by atoms with Gasteiger partial charge in [-0.1, -0.05) is 12.1 Å². The summed E-state index contributed by atoms with van der Waals surface area (Å²) in [6, 6.07) is 7.89. The van der Waals surface area contributed by atoms with Crippen molar-refractivity contribution in [1.29, 1.82) is 5.26 Å². The molecule has 0 heterocycles. The van der Waals surface area contributed by atoms with Gasteiger partial charge in [0.2, 0.25) is 0 Å². The molecule has 0 aromatic heterocycles. The molecule has 4 nitrogen and oxygen atoms in total. The van der Waals surface area contributed by atoms with Crippen LogP contribution in [-0.4, -0.2) is 14.7 Å². The smallest absolute Gasteiger partial charge is 0.175 e. The Kier molecular flexibility index (Phi) is 3.45. The third-order valence-corrected chi connectivity index (χ3v) is 3.18. The van der Waals surface area contributed by atoms with E-state index in [2.05, 4.69) is 0 Å². The molecule has 2 N–H and O–H groups in total. The zero-order valence-corrected chi connectivity index (χ0v) is 9.16. The lowest BCUT2D eigenvalue weighted by Crippen LogP contribution is -2.09. The summed E-state index contributed by atoms with van der Waals surface area (Å²) >= 11 is 0. The molecule has 0 fully saturated rings. The summed E-state index contributed by atoms with van der Waals surface area (Å²) in [5.74, 6) is 0. The van der Waals surface area contributed by atoms with Crippen LogP contribution in [-0.2, 0) is 9.84 Å². The Labute approximate surface area is 89.2 Å². The SMILES string of the molecule is CS(=O)(=O)c1ccc([C@@H](N)CC#N)cc1. The Balaban J connectivity index is 2.96. The minimum atomic E-state index is -3.16. The number of hydrogen-bond donors (Lipinski definition) is 1. The first kappa shape index (κ1) is 11.7. The van der Waals surface area contributed by atoms with Gasteiger partial charge in [-0.25, -0.2) is 8.42 Å². The predicted molar refractivity (Wildman–Crippen MR) is 56.7 cm³/mol. The molecule has 0 aliphatic heterocycles. The van der Waals surface area contributed by atoms with Crippen LogP contribution in [0.5, 0.6) is 0 Å². The molecule has 1 rings (SSSR count). The monoisotopic (exact) mass is 224 g/mol. The topological polar surface area (TPSA) is 83.9 Å². The van der Waals surface area contributed by atoms with Crippen LogP contribution in [0.2, 0.25) is 0 Å². The maximum atomic E-state index is 11.2. The fraction of sp³-hybridized carbons (Fsp3) is 0.300. The molecule has 0 radical (unpaired) electrons. The van der Waals surface area contributed by atoms with Crippen LogP contribution in [0.3, 0.4) is 0 Å². The van der Waals surface area contributed by atoms with Crippen molar-refractivity contribution in [2.75, 3.05) is 6.26 Å². The van der Waals surface area contributed by atoms with Crippen molar-refractivity contribution in [2.45, 2.75) is 17.4 Å². The van der Waals surface area contributed by atoms with Crippen LogP contribution in [0.15, 0.2) is 29.2 Å². The van der Waals surface area contributed by atoms with Gasteiger partial charge in [-0.15, -0.1) is 0 Å². The van der Waals surface area contributed by atoms with Crippen molar-refractivity contribution in [3.63, 3.8) is 0 Å². The van der Waals surface area contributed by atoms with Crippen molar-refractivity contribution in [1.82, 2.24) is 0 Å². The van der Waals surface area contributed by atoms with Crippen LogP contribution in [0.1, 0.15) is 18.0 Å². The lowest BCUT2D eigenvalue weighted by molar-refractivity contribution is 0.601. The van der Waals surface area contributed by atoms with Crippen LogP contribution >= 0.6 is 0 Å². The fourth-order valence-electron chi connectivity index (χ4n) is 1.18. The summed E-state index contributed by atoms with van der Waals surface area (Å²) in [6.07, 6.45) is 1.37. The first-order chi connectivity index (χ1) is 6.95. The molecule has 0 amide bonds. The molecule has 0 saturated heterocycles. The molecule has 0 aliphatic rings. The lowest BCUT2D eigenvalue weighted by atomic mass is 10.1. The molecule has 1 atom stereocenters. The first-order valence-electron chi connectivity index (χ1n) is 4.37. The maximum Gasteiger partial charge on any atom is 0.175 e. The zero-order valence-electron chi connectivity index (χ0n) is 8.34. The van der Waals surface area contributed by atoms with Gasteiger partial charge in [0.1, 0.15) is 0 Å². The van der Waals surface area contributed by atoms with Gasteiger partial charge in [-0.3, -0.25) is 0 Å². The summed E-state index contributed by atoms with van der Waals surface area (Å²) in [7, 11) is -3.16.